The quantitative estimate of drug-likeness (QED) is 0.905. The van der Waals surface area contributed by atoms with E-state index in [0.29, 0.717) is 23.4 Å². The molecule has 2 rings (SSSR count). The molecular formula is C16H19NO2. The Morgan fingerprint density at radius 3 is 2.32 bits per heavy atom. The average molecular weight is 257 g/mol. The summed E-state index contributed by atoms with van der Waals surface area (Å²) in [6, 6.07) is 6.95. The normalized spacial score (nSPS) is 15.0. The highest BCUT2D eigenvalue weighted by atomic mass is 16.1. The molecule has 0 heterocycles. The third kappa shape index (κ3) is 3.11. The number of hydrogen-bond donors (Lipinski definition) is 1. The molecule has 3 heteroatoms. The zero-order chi connectivity index (χ0) is 14.0. The zero-order valence-corrected chi connectivity index (χ0v) is 11.6. The van der Waals surface area contributed by atoms with Gasteiger partial charge in [0.15, 0.2) is 5.78 Å². The number of nitrogens with one attached hydrogen (secondary N) is 1. The lowest BCUT2D eigenvalue weighted by Crippen LogP contribution is -2.29. The lowest BCUT2D eigenvalue weighted by atomic mass is 9.91. The molecule has 0 saturated carbocycles. The molecule has 1 aromatic carbocycles. The van der Waals surface area contributed by atoms with E-state index in [4.69, 9.17) is 0 Å². The van der Waals surface area contributed by atoms with Gasteiger partial charge in [-0.25, -0.2) is 0 Å². The first-order chi connectivity index (χ1) is 8.88. The minimum atomic E-state index is -0.103. The lowest BCUT2D eigenvalue weighted by Gasteiger charge is -2.21. The van der Waals surface area contributed by atoms with Gasteiger partial charge in [0.2, 0.25) is 5.78 Å². The van der Waals surface area contributed by atoms with E-state index in [1.807, 2.05) is 0 Å². The van der Waals surface area contributed by atoms with Gasteiger partial charge in [-0.3, -0.25) is 9.59 Å². The number of allylic oxidation sites excluding steroid dienone is 2. The monoisotopic (exact) mass is 257 g/mol. The second-order valence-electron chi connectivity index (χ2n) is 6.03. The summed E-state index contributed by atoms with van der Waals surface area (Å²) in [6.07, 6.45) is 2.35. The van der Waals surface area contributed by atoms with Crippen LogP contribution in [-0.2, 0) is 0 Å². The standard InChI is InChI=1S/C16H19NO2/c1-16(2,3)8-9-17-13-10-14(18)11-6-4-5-7-12(11)15(13)19/h4-7,10,17H,8-9H2,1-3H3. The van der Waals surface area contributed by atoms with E-state index in [1.54, 1.807) is 24.3 Å². The topological polar surface area (TPSA) is 46.2 Å². The maximum Gasteiger partial charge on any atom is 0.209 e. The number of fused-ring (bicyclic) bond motifs is 1. The molecule has 100 valence electrons. The van der Waals surface area contributed by atoms with Gasteiger partial charge in [0.05, 0.1) is 5.70 Å². The van der Waals surface area contributed by atoms with Gasteiger partial charge >= 0.3 is 0 Å². The van der Waals surface area contributed by atoms with Crippen LogP contribution in [-0.4, -0.2) is 18.1 Å². The first kappa shape index (κ1) is 13.5. The molecule has 0 aromatic heterocycles. The molecule has 1 aliphatic carbocycles. The van der Waals surface area contributed by atoms with Gasteiger partial charge in [0.25, 0.3) is 0 Å². The fourth-order valence-corrected chi connectivity index (χ4v) is 2.02. The van der Waals surface area contributed by atoms with Crippen molar-refractivity contribution >= 4 is 11.6 Å². The summed E-state index contributed by atoms with van der Waals surface area (Å²) in [5, 5.41) is 3.09. The van der Waals surface area contributed by atoms with Crippen LogP contribution in [0, 0.1) is 5.41 Å². The number of ketones is 2. The third-order valence-electron chi connectivity index (χ3n) is 3.15. The van der Waals surface area contributed by atoms with Crippen LogP contribution in [0.25, 0.3) is 0 Å². The van der Waals surface area contributed by atoms with Crippen molar-refractivity contribution in [2.75, 3.05) is 6.54 Å². The SMILES string of the molecule is CC(C)(C)CCNC1=CC(=O)c2ccccc2C1=O. The third-order valence-corrected chi connectivity index (χ3v) is 3.15. The van der Waals surface area contributed by atoms with Crippen LogP contribution in [0.5, 0.6) is 0 Å². The van der Waals surface area contributed by atoms with E-state index in [9.17, 15) is 9.59 Å². The van der Waals surface area contributed by atoms with Crippen molar-refractivity contribution in [3.05, 3.63) is 47.2 Å². The number of carbonyl (C=O) groups excluding carboxylic acids is 2. The second kappa shape index (κ2) is 5.00. The smallest absolute Gasteiger partial charge is 0.209 e. The maximum atomic E-state index is 12.2. The summed E-state index contributed by atoms with van der Waals surface area (Å²) >= 11 is 0. The van der Waals surface area contributed by atoms with Gasteiger partial charge in [0.1, 0.15) is 0 Å². The fraction of sp³-hybridized carbons (Fsp3) is 0.375. The van der Waals surface area contributed by atoms with Gasteiger partial charge < -0.3 is 5.32 Å². The van der Waals surface area contributed by atoms with Crippen molar-refractivity contribution in [2.24, 2.45) is 5.41 Å². The molecular weight excluding hydrogens is 238 g/mol. The van der Waals surface area contributed by atoms with Crippen molar-refractivity contribution < 1.29 is 9.59 Å². The van der Waals surface area contributed by atoms with Crippen molar-refractivity contribution in [1.82, 2.24) is 5.32 Å². The Balaban J connectivity index is 2.12. The second-order valence-corrected chi connectivity index (χ2v) is 6.03. The Labute approximate surface area is 113 Å². The van der Waals surface area contributed by atoms with E-state index in [-0.39, 0.29) is 17.0 Å². The predicted molar refractivity (Wildman–Crippen MR) is 75.3 cm³/mol. The molecule has 0 saturated heterocycles. The maximum absolute atomic E-state index is 12.2. The molecule has 0 spiro atoms. The summed E-state index contributed by atoms with van der Waals surface area (Å²) in [4.78, 5) is 24.2. The predicted octanol–water partition coefficient (Wildman–Crippen LogP) is 2.98. The summed E-state index contributed by atoms with van der Waals surface area (Å²) in [7, 11) is 0. The number of Topliss-reactive ketones (excluding diaryl/α,β-unsaturated/α-hetero) is 1. The zero-order valence-electron chi connectivity index (χ0n) is 11.6. The van der Waals surface area contributed by atoms with Gasteiger partial charge in [0, 0.05) is 23.7 Å². The summed E-state index contributed by atoms with van der Waals surface area (Å²) in [6.45, 7) is 7.13. The molecule has 1 aliphatic rings. The number of hydrogen-bond acceptors (Lipinski definition) is 3. The number of carbonyl (C=O) groups is 2. The van der Waals surface area contributed by atoms with Gasteiger partial charge in [-0.2, -0.15) is 0 Å². The van der Waals surface area contributed by atoms with Crippen molar-refractivity contribution in [2.45, 2.75) is 27.2 Å². The van der Waals surface area contributed by atoms with Gasteiger partial charge in [-0.15, -0.1) is 0 Å². The first-order valence-corrected chi connectivity index (χ1v) is 6.52. The minimum Gasteiger partial charge on any atom is -0.382 e. The van der Waals surface area contributed by atoms with Crippen LogP contribution in [0.1, 0.15) is 47.9 Å². The Kier molecular flexibility index (Phi) is 3.56. The molecule has 0 amide bonds. The van der Waals surface area contributed by atoms with Gasteiger partial charge in [-0.05, 0) is 11.8 Å². The van der Waals surface area contributed by atoms with Crippen molar-refractivity contribution in [3.8, 4) is 0 Å². The van der Waals surface area contributed by atoms with Crippen LogP contribution < -0.4 is 5.32 Å². The molecule has 0 bridgehead atoms. The van der Waals surface area contributed by atoms with Crippen molar-refractivity contribution in [3.63, 3.8) is 0 Å². The Hall–Kier alpha value is -1.90. The molecule has 0 unspecified atom stereocenters. The molecule has 0 atom stereocenters. The largest absolute Gasteiger partial charge is 0.382 e. The molecule has 0 fully saturated rings. The van der Waals surface area contributed by atoms with Crippen LogP contribution >= 0.6 is 0 Å². The van der Waals surface area contributed by atoms with Crippen LogP contribution in [0.4, 0.5) is 0 Å². The highest BCUT2D eigenvalue weighted by molar-refractivity contribution is 6.24. The van der Waals surface area contributed by atoms with E-state index in [2.05, 4.69) is 26.1 Å². The summed E-state index contributed by atoms with van der Waals surface area (Å²) in [5.74, 6) is -0.197. The number of benzene rings is 1. The van der Waals surface area contributed by atoms with Crippen LogP contribution in [0.2, 0.25) is 0 Å². The molecule has 19 heavy (non-hydrogen) atoms. The Bertz CT molecular complexity index is 550. The summed E-state index contributed by atoms with van der Waals surface area (Å²) in [5.41, 5.74) is 1.60. The fourth-order valence-electron chi connectivity index (χ4n) is 2.02. The van der Waals surface area contributed by atoms with E-state index in [1.165, 1.54) is 6.08 Å². The molecule has 3 nitrogen and oxygen atoms in total. The van der Waals surface area contributed by atoms with Crippen LogP contribution in [0.15, 0.2) is 36.0 Å². The van der Waals surface area contributed by atoms with Gasteiger partial charge in [-0.1, -0.05) is 45.0 Å². The summed E-state index contributed by atoms with van der Waals surface area (Å²) < 4.78 is 0. The Morgan fingerprint density at radius 2 is 1.68 bits per heavy atom. The minimum absolute atomic E-state index is 0.0934. The number of rotatable bonds is 3. The molecule has 1 N–H and O–H groups in total. The first-order valence-electron chi connectivity index (χ1n) is 6.52. The highest BCUT2D eigenvalue weighted by Crippen LogP contribution is 2.21. The Morgan fingerprint density at radius 1 is 1.05 bits per heavy atom. The highest BCUT2D eigenvalue weighted by Gasteiger charge is 2.24. The molecule has 0 radical (unpaired) electrons. The van der Waals surface area contributed by atoms with E-state index < -0.39 is 0 Å². The molecule has 1 aromatic rings. The van der Waals surface area contributed by atoms with Crippen LogP contribution in [0.3, 0.4) is 0 Å². The average Bonchev–Trinajstić information content (AvgIpc) is 2.34. The lowest BCUT2D eigenvalue weighted by molar-refractivity contribution is 0.0978. The molecule has 0 aliphatic heterocycles. The van der Waals surface area contributed by atoms with Crippen molar-refractivity contribution in [1.29, 1.82) is 0 Å². The van der Waals surface area contributed by atoms with E-state index in [0.717, 1.165) is 6.42 Å². The van der Waals surface area contributed by atoms with E-state index >= 15 is 0 Å².